The summed E-state index contributed by atoms with van der Waals surface area (Å²) in [6.45, 7) is 2.60. The summed E-state index contributed by atoms with van der Waals surface area (Å²) >= 11 is 7.15. The Kier molecular flexibility index (Phi) is 3.82. The molecular formula is C13H12ClNOS. The van der Waals surface area contributed by atoms with Gasteiger partial charge in [0.2, 0.25) is 0 Å². The van der Waals surface area contributed by atoms with Crippen molar-refractivity contribution in [3.63, 3.8) is 0 Å². The van der Waals surface area contributed by atoms with Gasteiger partial charge in [-0.15, -0.1) is 11.3 Å². The summed E-state index contributed by atoms with van der Waals surface area (Å²) in [5.41, 5.74) is 0.907. The molecule has 0 fully saturated rings. The zero-order valence-corrected chi connectivity index (χ0v) is 11.0. The summed E-state index contributed by atoms with van der Waals surface area (Å²) in [6.07, 6.45) is 0. The molecular weight excluding hydrogens is 254 g/mol. The van der Waals surface area contributed by atoms with E-state index >= 15 is 0 Å². The molecule has 1 aromatic carbocycles. The van der Waals surface area contributed by atoms with Gasteiger partial charge in [0.15, 0.2) is 0 Å². The minimum atomic E-state index is -0.00407. The van der Waals surface area contributed by atoms with E-state index in [0.717, 1.165) is 5.69 Å². The highest BCUT2D eigenvalue weighted by Crippen LogP contribution is 2.24. The van der Waals surface area contributed by atoms with E-state index < -0.39 is 0 Å². The standard InChI is InChI=1S/C13H12ClNOS/c1-2-15(10-6-4-3-5-7-10)13(16)11-8-9-12(14)17-11/h3-9H,2H2,1H3. The summed E-state index contributed by atoms with van der Waals surface area (Å²) < 4.78 is 0.637. The van der Waals surface area contributed by atoms with Crippen molar-refractivity contribution in [1.29, 1.82) is 0 Å². The molecule has 88 valence electrons. The highest BCUT2D eigenvalue weighted by Gasteiger charge is 2.17. The maximum Gasteiger partial charge on any atom is 0.268 e. The van der Waals surface area contributed by atoms with E-state index in [2.05, 4.69) is 0 Å². The molecule has 17 heavy (non-hydrogen) atoms. The van der Waals surface area contributed by atoms with Crippen molar-refractivity contribution in [1.82, 2.24) is 0 Å². The van der Waals surface area contributed by atoms with Crippen LogP contribution in [0.2, 0.25) is 4.34 Å². The van der Waals surface area contributed by atoms with E-state index in [4.69, 9.17) is 11.6 Å². The van der Waals surface area contributed by atoms with Crippen molar-refractivity contribution < 1.29 is 4.79 Å². The van der Waals surface area contributed by atoms with Crippen LogP contribution in [-0.4, -0.2) is 12.5 Å². The average molecular weight is 266 g/mol. The number of carbonyl (C=O) groups is 1. The maximum absolute atomic E-state index is 12.3. The zero-order chi connectivity index (χ0) is 12.3. The largest absolute Gasteiger partial charge is 0.308 e. The Bertz CT molecular complexity index is 509. The third-order valence-corrected chi connectivity index (χ3v) is 3.63. The van der Waals surface area contributed by atoms with E-state index in [0.29, 0.717) is 15.8 Å². The van der Waals surface area contributed by atoms with E-state index in [1.165, 1.54) is 11.3 Å². The number of para-hydroxylation sites is 1. The Labute approximate surface area is 109 Å². The maximum atomic E-state index is 12.3. The van der Waals surface area contributed by atoms with Crippen LogP contribution in [0.1, 0.15) is 16.6 Å². The molecule has 0 aliphatic heterocycles. The summed E-state index contributed by atoms with van der Waals surface area (Å²) in [5, 5.41) is 0. The topological polar surface area (TPSA) is 20.3 Å². The molecule has 0 saturated heterocycles. The van der Waals surface area contributed by atoms with Crippen LogP contribution in [0.3, 0.4) is 0 Å². The molecule has 1 amide bonds. The Morgan fingerprint density at radius 3 is 2.47 bits per heavy atom. The van der Waals surface area contributed by atoms with Gasteiger partial charge in [-0.1, -0.05) is 29.8 Å². The van der Waals surface area contributed by atoms with Crippen LogP contribution in [0.15, 0.2) is 42.5 Å². The first kappa shape index (κ1) is 12.1. The molecule has 2 rings (SSSR count). The first-order valence-electron chi connectivity index (χ1n) is 5.34. The van der Waals surface area contributed by atoms with Crippen molar-refractivity contribution in [3.05, 3.63) is 51.7 Å². The Morgan fingerprint density at radius 2 is 1.94 bits per heavy atom. The van der Waals surface area contributed by atoms with Crippen molar-refractivity contribution in [2.24, 2.45) is 0 Å². The number of benzene rings is 1. The fourth-order valence-electron chi connectivity index (χ4n) is 1.61. The highest BCUT2D eigenvalue weighted by molar-refractivity contribution is 7.18. The molecule has 0 radical (unpaired) electrons. The summed E-state index contributed by atoms with van der Waals surface area (Å²) in [5.74, 6) is -0.00407. The number of thiophene rings is 1. The number of hydrogen-bond donors (Lipinski definition) is 0. The molecule has 0 atom stereocenters. The number of amides is 1. The van der Waals surface area contributed by atoms with Crippen LogP contribution in [-0.2, 0) is 0 Å². The van der Waals surface area contributed by atoms with Crippen LogP contribution in [0.25, 0.3) is 0 Å². The molecule has 2 aromatic rings. The molecule has 2 nitrogen and oxygen atoms in total. The average Bonchev–Trinajstić information content (AvgIpc) is 2.78. The van der Waals surface area contributed by atoms with Gasteiger partial charge >= 0.3 is 0 Å². The lowest BCUT2D eigenvalue weighted by molar-refractivity contribution is 0.0992. The van der Waals surface area contributed by atoms with Crippen molar-refractivity contribution in [2.75, 3.05) is 11.4 Å². The van der Waals surface area contributed by atoms with Crippen LogP contribution in [0.4, 0.5) is 5.69 Å². The quantitative estimate of drug-likeness (QED) is 0.819. The van der Waals surface area contributed by atoms with Crippen LogP contribution >= 0.6 is 22.9 Å². The Morgan fingerprint density at radius 1 is 1.24 bits per heavy atom. The van der Waals surface area contributed by atoms with Gasteiger partial charge in [-0.2, -0.15) is 0 Å². The lowest BCUT2D eigenvalue weighted by Gasteiger charge is -2.20. The fourth-order valence-corrected chi connectivity index (χ4v) is 2.61. The summed E-state index contributed by atoms with van der Waals surface area (Å²) in [4.78, 5) is 14.7. The van der Waals surface area contributed by atoms with Gasteiger partial charge in [0.05, 0.1) is 9.21 Å². The summed E-state index contributed by atoms with van der Waals surface area (Å²) in [7, 11) is 0. The van der Waals surface area contributed by atoms with Crippen LogP contribution < -0.4 is 4.90 Å². The van der Waals surface area contributed by atoms with Gasteiger partial charge in [0.1, 0.15) is 0 Å². The second kappa shape index (κ2) is 5.34. The molecule has 0 saturated carbocycles. The van der Waals surface area contributed by atoms with E-state index in [1.54, 1.807) is 17.0 Å². The third kappa shape index (κ3) is 2.68. The molecule has 0 bridgehead atoms. The number of nitrogens with zero attached hydrogens (tertiary/aromatic N) is 1. The normalized spacial score (nSPS) is 10.2. The number of anilines is 1. The van der Waals surface area contributed by atoms with Gasteiger partial charge in [0.25, 0.3) is 5.91 Å². The third-order valence-electron chi connectivity index (χ3n) is 2.41. The van der Waals surface area contributed by atoms with Crippen LogP contribution in [0.5, 0.6) is 0 Å². The first-order valence-corrected chi connectivity index (χ1v) is 6.54. The molecule has 1 heterocycles. The van der Waals surface area contributed by atoms with Crippen molar-refractivity contribution in [3.8, 4) is 0 Å². The zero-order valence-electron chi connectivity index (χ0n) is 9.39. The number of carbonyl (C=O) groups excluding carboxylic acids is 1. The molecule has 4 heteroatoms. The lowest BCUT2D eigenvalue weighted by atomic mass is 10.2. The second-order valence-corrected chi connectivity index (χ2v) is 5.20. The van der Waals surface area contributed by atoms with E-state index in [-0.39, 0.29) is 5.91 Å². The van der Waals surface area contributed by atoms with Gasteiger partial charge in [-0.3, -0.25) is 4.79 Å². The molecule has 0 unspecified atom stereocenters. The highest BCUT2D eigenvalue weighted by atomic mass is 35.5. The molecule has 0 N–H and O–H groups in total. The van der Waals surface area contributed by atoms with Crippen LogP contribution in [0, 0.1) is 0 Å². The van der Waals surface area contributed by atoms with Gasteiger partial charge < -0.3 is 4.90 Å². The monoisotopic (exact) mass is 265 g/mol. The Balaban J connectivity index is 2.28. The predicted molar refractivity (Wildman–Crippen MR) is 73.1 cm³/mol. The van der Waals surface area contributed by atoms with Gasteiger partial charge in [-0.25, -0.2) is 0 Å². The lowest BCUT2D eigenvalue weighted by Crippen LogP contribution is -2.29. The van der Waals surface area contributed by atoms with E-state index in [9.17, 15) is 4.79 Å². The second-order valence-electron chi connectivity index (χ2n) is 3.49. The number of rotatable bonds is 3. The van der Waals surface area contributed by atoms with Gasteiger partial charge in [0, 0.05) is 12.2 Å². The molecule has 0 spiro atoms. The molecule has 1 aromatic heterocycles. The number of halogens is 1. The van der Waals surface area contributed by atoms with Gasteiger partial charge in [-0.05, 0) is 31.2 Å². The minimum Gasteiger partial charge on any atom is -0.308 e. The minimum absolute atomic E-state index is 0.00407. The first-order chi connectivity index (χ1) is 8.22. The van der Waals surface area contributed by atoms with Crippen molar-refractivity contribution in [2.45, 2.75) is 6.92 Å². The Hall–Kier alpha value is -1.32. The predicted octanol–water partition coefficient (Wildman–Crippen LogP) is 4.07. The smallest absolute Gasteiger partial charge is 0.268 e. The SMILES string of the molecule is CCN(C(=O)c1ccc(Cl)s1)c1ccccc1. The van der Waals surface area contributed by atoms with Crippen molar-refractivity contribution >= 4 is 34.5 Å². The summed E-state index contributed by atoms with van der Waals surface area (Å²) in [6, 6.07) is 13.1. The molecule has 0 aliphatic carbocycles. The van der Waals surface area contributed by atoms with E-state index in [1.807, 2.05) is 37.3 Å². The fraction of sp³-hybridized carbons (Fsp3) is 0.154. The molecule has 0 aliphatic rings. The number of hydrogen-bond acceptors (Lipinski definition) is 2.